The van der Waals surface area contributed by atoms with Crippen LogP contribution < -0.4 is 10.1 Å². The molecule has 0 aliphatic carbocycles. The lowest BCUT2D eigenvalue weighted by molar-refractivity contribution is 0.197. The first-order valence-corrected chi connectivity index (χ1v) is 9.59. The summed E-state index contributed by atoms with van der Waals surface area (Å²) in [6.07, 6.45) is 4.07. The molecule has 0 aliphatic heterocycles. The lowest BCUT2D eigenvalue weighted by Crippen LogP contribution is -2.29. The second-order valence-corrected chi connectivity index (χ2v) is 7.04. The number of rotatable bonds is 5. The largest absolute Gasteiger partial charge is 0.413 e. The molecule has 2 aromatic heterocycles. The monoisotopic (exact) mass is 438 g/mol. The van der Waals surface area contributed by atoms with Crippen LogP contribution >= 0.6 is 11.6 Å². The summed E-state index contributed by atoms with van der Waals surface area (Å²) in [6, 6.07) is 12.4. The molecule has 0 bridgehead atoms. The summed E-state index contributed by atoms with van der Waals surface area (Å²) < 4.78 is 20.4. The number of pyridine rings is 1. The fourth-order valence-corrected chi connectivity index (χ4v) is 3.24. The maximum absolute atomic E-state index is 13.5. The molecule has 1 atom stereocenters. The maximum Gasteiger partial charge on any atom is 0.413 e. The number of ether oxygens (including phenoxy) is 1. The van der Waals surface area contributed by atoms with Gasteiger partial charge in [-0.15, -0.1) is 5.10 Å². The van der Waals surface area contributed by atoms with Gasteiger partial charge in [0.1, 0.15) is 17.9 Å². The molecule has 1 unspecified atom stereocenters. The number of nitrogens with zero attached hydrogens (tertiary/aromatic N) is 5. The van der Waals surface area contributed by atoms with Gasteiger partial charge < -0.3 is 10.1 Å². The molecule has 1 N–H and O–H groups in total. The Bertz CT molecular complexity index is 1200. The Kier molecular flexibility index (Phi) is 5.85. The van der Waals surface area contributed by atoms with Crippen LogP contribution in [0, 0.1) is 5.82 Å². The van der Waals surface area contributed by atoms with Crippen LogP contribution in [0.3, 0.4) is 0 Å². The summed E-state index contributed by atoms with van der Waals surface area (Å²) in [7, 11) is 0. The van der Waals surface area contributed by atoms with Crippen molar-refractivity contribution in [3.8, 4) is 22.6 Å². The first-order chi connectivity index (χ1) is 15.0. The summed E-state index contributed by atoms with van der Waals surface area (Å²) >= 11 is 6.22. The number of carbonyl (C=O) groups is 1. The highest BCUT2D eigenvalue weighted by Gasteiger charge is 2.15. The predicted molar refractivity (Wildman–Crippen MR) is 111 cm³/mol. The van der Waals surface area contributed by atoms with Crippen LogP contribution in [0.25, 0.3) is 16.8 Å². The Morgan fingerprint density at radius 1 is 1.23 bits per heavy atom. The third-order valence-corrected chi connectivity index (χ3v) is 4.79. The molecule has 2 heterocycles. The number of halogens is 2. The minimum Gasteiger partial charge on any atom is -0.410 e. The van der Waals surface area contributed by atoms with Crippen molar-refractivity contribution in [1.82, 2.24) is 30.5 Å². The summed E-state index contributed by atoms with van der Waals surface area (Å²) in [5.41, 5.74) is 2.53. The zero-order chi connectivity index (χ0) is 21.8. The van der Waals surface area contributed by atoms with Crippen LogP contribution in [0.2, 0.25) is 5.02 Å². The fraction of sp³-hybridized carbons (Fsp3) is 0.0952. The molecule has 4 aromatic rings. The second-order valence-electron chi connectivity index (χ2n) is 6.64. The summed E-state index contributed by atoms with van der Waals surface area (Å²) in [6.45, 7) is 1.82. The highest BCUT2D eigenvalue weighted by atomic mass is 35.5. The number of hydrogen-bond donors (Lipinski definition) is 1. The number of benzene rings is 2. The van der Waals surface area contributed by atoms with Crippen molar-refractivity contribution in [2.24, 2.45) is 0 Å². The molecule has 0 aliphatic rings. The molecule has 2 aromatic carbocycles. The Hall–Kier alpha value is -3.85. The molecule has 10 heteroatoms. The van der Waals surface area contributed by atoms with Crippen molar-refractivity contribution in [3.63, 3.8) is 0 Å². The van der Waals surface area contributed by atoms with E-state index in [2.05, 4.69) is 25.8 Å². The van der Waals surface area contributed by atoms with Gasteiger partial charge in [0.05, 0.1) is 16.8 Å². The van der Waals surface area contributed by atoms with Gasteiger partial charge in [0.25, 0.3) is 0 Å². The molecule has 0 saturated heterocycles. The van der Waals surface area contributed by atoms with E-state index in [9.17, 15) is 9.18 Å². The second kappa shape index (κ2) is 8.88. The molecule has 156 valence electrons. The van der Waals surface area contributed by atoms with Gasteiger partial charge in [-0.25, -0.2) is 13.9 Å². The summed E-state index contributed by atoms with van der Waals surface area (Å²) in [5, 5.41) is 14.1. The van der Waals surface area contributed by atoms with Gasteiger partial charge >= 0.3 is 6.09 Å². The molecule has 0 radical (unpaired) electrons. The van der Waals surface area contributed by atoms with E-state index >= 15 is 0 Å². The molecule has 8 nitrogen and oxygen atoms in total. The first-order valence-electron chi connectivity index (χ1n) is 9.22. The fourth-order valence-electron chi connectivity index (χ4n) is 2.96. The van der Waals surface area contributed by atoms with Crippen LogP contribution in [0.15, 0.2) is 67.3 Å². The number of aromatic nitrogens is 5. The number of hydrogen-bond acceptors (Lipinski definition) is 6. The highest BCUT2D eigenvalue weighted by Crippen LogP contribution is 2.33. The SMILES string of the molecule is CC(NC(=O)Oc1cc(-c2ccc(F)cc2Cl)cc(-n2cnnn2)c1)c1cccnc1. The van der Waals surface area contributed by atoms with E-state index in [0.29, 0.717) is 16.8 Å². The van der Waals surface area contributed by atoms with Crippen LogP contribution in [-0.4, -0.2) is 31.3 Å². The highest BCUT2D eigenvalue weighted by molar-refractivity contribution is 6.33. The van der Waals surface area contributed by atoms with E-state index in [1.807, 2.05) is 13.0 Å². The van der Waals surface area contributed by atoms with Crippen LogP contribution in [0.1, 0.15) is 18.5 Å². The van der Waals surface area contributed by atoms with Crippen molar-refractivity contribution in [2.75, 3.05) is 0 Å². The topological polar surface area (TPSA) is 94.8 Å². The standard InChI is InChI=1S/C21H16ClFN6O2/c1-13(14-3-2-6-24-11-14)26-21(30)31-18-8-15(19-5-4-16(23)9-20(19)22)7-17(10-18)29-12-25-27-28-29/h2-13H,1H3,(H,26,30). The van der Waals surface area contributed by atoms with Crippen molar-refractivity contribution in [1.29, 1.82) is 0 Å². The van der Waals surface area contributed by atoms with E-state index < -0.39 is 11.9 Å². The quantitative estimate of drug-likeness (QED) is 0.497. The number of amides is 1. The van der Waals surface area contributed by atoms with Gasteiger partial charge in [-0.1, -0.05) is 17.7 Å². The zero-order valence-electron chi connectivity index (χ0n) is 16.2. The summed E-state index contributed by atoms with van der Waals surface area (Å²) in [5.74, 6) is -0.218. The van der Waals surface area contributed by atoms with E-state index in [1.165, 1.54) is 23.1 Å². The average molecular weight is 439 g/mol. The average Bonchev–Trinajstić information content (AvgIpc) is 3.29. The first kappa shape index (κ1) is 20.4. The smallest absolute Gasteiger partial charge is 0.410 e. The van der Waals surface area contributed by atoms with Gasteiger partial charge in [0.15, 0.2) is 0 Å². The van der Waals surface area contributed by atoms with Crippen molar-refractivity contribution >= 4 is 17.7 Å². The molecule has 0 saturated carbocycles. The van der Waals surface area contributed by atoms with Crippen LogP contribution in [0.5, 0.6) is 5.75 Å². The van der Waals surface area contributed by atoms with Crippen molar-refractivity contribution < 1.29 is 13.9 Å². The predicted octanol–water partition coefficient (Wildman–Crippen LogP) is 4.37. The molecule has 4 rings (SSSR count). The third-order valence-electron chi connectivity index (χ3n) is 4.48. The van der Waals surface area contributed by atoms with Crippen LogP contribution in [0.4, 0.5) is 9.18 Å². The minimum atomic E-state index is -0.652. The van der Waals surface area contributed by atoms with E-state index in [0.717, 1.165) is 5.56 Å². The number of tetrazole rings is 1. The van der Waals surface area contributed by atoms with E-state index in [4.69, 9.17) is 16.3 Å². The molecule has 31 heavy (non-hydrogen) atoms. The minimum absolute atomic E-state index is 0.217. The van der Waals surface area contributed by atoms with Gasteiger partial charge in [0, 0.05) is 24.0 Å². The zero-order valence-corrected chi connectivity index (χ0v) is 17.0. The molecular weight excluding hydrogens is 423 g/mol. The van der Waals surface area contributed by atoms with Gasteiger partial charge in [-0.2, -0.15) is 0 Å². The van der Waals surface area contributed by atoms with E-state index in [-0.39, 0.29) is 16.8 Å². The van der Waals surface area contributed by atoms with Crippen molar-refractivity contribution in [2.45, 2.75) is 13.0 Å². The number of carbonyl (C=O) groups excluding carboxylic acids is 1. The Morgan fingerprint density at radius 3 is 2.81 bits per heavy atom. The normalized spacial score (nSPS) is 11.7. The summed E-state index contributed by atoms with van der Waals surface area (Å²) in [4.78, 5) is 16.5. The molecule has 1 amide bonds. The van der Waals surface area contributed by atoms with E-state index in [1.54, 1.807) is 42.7 Å². The molecular formula is C21H16ClFN6O2. The molecule has 0 fully saturated rings. The van der Waals surface area contributed by atoms with Crippen LogP contribution in [-0.2, 0) is 0 Å². The van der Waals surface area contributed by atoms with Crippen molar-refractivity contribution in [3.05, 3.63) is 83.7 Å². The van der Waals surface area contributed by atoms with Gasteiger partial charge in [-0.3, -0.25) is 4.98 Å². The Balaban J connectivity index is 1.63. The third kappa shape index (κ3) is 4.84. The number of nitrogens with one attached hydrogen (secondary N) is 1. The lowest BCUT2D eigenvalue weighted by Gasteiger charge is -2.15. The van der Waals surface area contributed by atoms with Gasteiger partial charge in [-0.05, 0) is 64.9 Å². The Morgan fingerprint density at radius 2 is 2.10 bits per heavy atom. The molecule has 0 spiro atoms. The lowest BCUT2D eigenvalue weighted by atomic mass is 10.0. The maximum atomic E-state index is 13.5. The van der Waals surface area contributed by atoms with Gasteiger partial charge in [0.2, 0.25) is 0 Å². The Labute approximate surface area is 181 Å².